The molecule has 2 aromatic rings. The Bertz CT molecular complexity index is 889. The SMILES string of the molecule is CC[NH+](CC)Cc1c([O-])ccc2c1OC(=Cc1ccc(Cl)c(Cl)c1)C2=O. The number of allylic oxidation sites excluding steroid dienone is 1. The van der Waals surface area contributed by atoms with Crippen LogP contribution in [-0.4, -0.2) is 18.9 Å². The zero-order valence-electron chi connectivity index (χ0n) is 14.6. The number of ketones is 1. The van der Waals surface area contributed by atoms with Gasteiger partial charge in [-0.05, 0) is 43.7 Å². The Balaban J connectivity index is 1.98. The standard InChI is InChI=1S/C20H19Cl2NO3/c1-3-23(4-2)11-14-17(24)8-6-13-19(25)18(26-20(13)14)10-12-5-7-15(21)16(22)9-12/h5-10,24H,3-4,11H2,1-2H3. The predicted octanol–water partition coefficient (Wildman–Crippen LogP) is 3.11. The average molecular weight is 392 g/mol. The first-order valence-electron chi connectivity index (χ1n) is 8.50. The predicted molar refractivity (Wildman–Crippen MR) is 101 cm³/mol. The van der Waals surface area contributed by atoms with Crippen molar-refractivity contribution in [3.63, 3.8) is 0 Å². The summed E-state index contributed by atoms with van der Waals surface area (Å²) in [7, 11) is 0. The molecule has 0 fully saturated rings. The van der Waals surface area contributed by atoms with E-state index in [0.717, 1.165) is 13.1 Å². The van der Waals surface area contributed by atoms with Crippen LogP contribution in [0.25, 0.3) is 6.08 Å². The topological polar surface area (TPSA) is 53.8 Å². The van der Waals surface area contributed by atoms with E-state index < -0.39 is 0 Å². The molecule has 2 aromatic carbocycles. The lowest BCUT2D eigenvalue weighted by molar-refractivity contribution is -0.910. The molecule has 0 spiro atoms. The summed E-state index contributed by atoms with van der Waals surface area (Å²) >= 11 is 12.0. The highest BCUT2D eigenvalue weighted by Gasteiger charge is 2.30. The van der Waals surface area contributed by atoms with Crippen LogP contribution in [-0.2, 0) is 6.54 Å². The van der Waals surface area contributed by atoms with Crippen LogP contribution in [0.3, 0.4) is 0 Å². The van der Waals surface area contributed by atoms with Crippen LogP contribution in [0.4, 0.5) is 0 Å². The van der Waals surface area contributed by atoms with E-state index in [1.165, 1.54) is 17.0 Å². The van der Waals surface area contributed by atoms with Crippen molar-refractivity contribution in [2.24, 2.45) is 0 Å². The summed E-state index contributed by atoms with van der Waals surface area (Å²) in [5.41, 5.74) is 1.68. The van der Waals surface area contributed by atoms with Gasteiger partial charge in [-0.2, -0.15) is 0 Å². The molecule has 6 heteroatoms. The van der Waals surface area contributed by atoms with Crippen molar-refractivity contribution in [2.75, 3.05) is 13.1 Å². The van der Waals surface area contributed by atoms with Gasteiger partial charge in [0, 0.05) is 5.56 Å². The summed E-state index contributed by atoms with van der Waals surface area (Å²) in [6.45, 7) is 6.43. The molecule has 0 saturated carbocycles. The van der Waals surface area contributed by atoms with Crippen molar-refractivity contribution in [3.8, 4) is 11.5 Å². The summed E-state index contributed by atoms with van der Waals surface area (Å²) in [4.78, 5) is 13.9. The highest BCUT2D eigenvalue weighted by molar-refractivity contribution is 6.42. The van der Waals surface area contributed by atoms with Gasteiger partial charge in [-0.25, -0.2) is 0 Å². The molecule has 0 unspecified atom stereocenters. The number of Topliss-reactive ketones (excluding diaryl/α,β-unsaturated/α-hetero) is 1. The number of hydrogen-bond donors (Lipinski definition) is 1. The van der Waals surface area contributed by atoms with Gasteiger partial charge in [0.25, 0.3) is 0 Å². The largest absolute Gasteiger partial charge is 0.872 e. The molecule has 0 saturated heterocycles. The Labute approximate surface area is 162 Å². The van der Waals surface area contributed by atoms with E-state index in [1.807, 2.05) is 0 Å². The third kappa shape index (κ3) is 3.58. The highest BCUT2D eigenvalue weighted by atomic mass is 35.5. The molecule has 4 nitrogen and oxygen atoms in total. The minimum atomic E-state index is -0.234. The summed E-state index contributed by atoms with van der Waals surface area (Å²) < 4.78 is 5.82. The van der Waals surface area contributed by atoms with E-state index in [2.05, 4.69) is 13.8 Å². The van der Waals surface area contributed by atoms with Crippen molar-refractivity contribution in [2.45, 2.75) is 20.4 Å². The summed E-state index contributed by atoms with van der Waals surface area (Å²) in [5.74, 6) is 0.224. The van der Waals surface area contributed by atoms with Crippen LogP contribution in [0.1, 0.15) is 35.3 Å². The van der Waals surface area contributed by atoms with Gasteiger partial charge >= 0.3 is 0 Å². The molecule has 0 bridgehead atoms. The van der Waals surface area contributed by atoms with Crippen LogP contribution < -0.4 is 14.7 Å². The van der Waals surface area contributed by atoms with Crippen molar-refractivity contribution >= 4 is 35.1 Å². The fraction of sp³-hybridized carbons (Fsp3) is 0.250. The number of quaternary nitrogens is 1. The molecular formula is C20H19Cl2NO3. The molecule has 0 aliphatic carbocycles. The number of benzene rings is 2. The van der Waals surface area contributed by atoms with Gasteiger partial charge in [0.2, 0.25) is 5.78 Å². The first-order chi connectivity index (χ1) is 12.4. The number of rotatable bonds is 5. The molecule has 0 radical (unpaired) electrons. The number of nitrogens with one attached hydrogen (secondary N) is 1. The lowest BCUT2D eigenvalue weighted by atomic mass is 10.0. The maximum Gasteiger partial charge on any atom is 0.231 e. The molecule has 0 atom stereocenters. The van der Waals surface area contributed by atoms with E-state index in [0.29, 0.717) is 39.0 Å². The lowest BCUT2D eigenvalue weighted by Crippen LogP contribution is -3.10. The molecule has 1 aliphatic heterocycles. The minimum Gasteiger partial charge on any atom is -0.872 e. The Morgan fingerprint density at radius 2 is 1.85 bits per heavy atom. The van der Waals surface area contributed by atoms with Gasteiger partial charge in [-0.1, -0.05) is 41.1 Å². The van der Waals surface area contributed by atoms with Gasteiger partial charge in [0.15, 0.2) is 5.76 Å². The van der Waals surface area contributed by atoms with Crippen LogP contribution >= 0.6 is 23.2 Å². The number of hydrogen-bond acceptors (Lipinski definition) is 3. The number of carbonyl (C=O) groups excluding carboxylic acids is 1. The van der Waals surface area contributed by atoms with E-state index in [9.17, 15) is 9.90 Å². The Hall–Kier alpha value is -2.01. The van der Waals surface area contributed by atoms with E-state index >= 15 is 0 Å². The maximum absolute atomic E-state index is 12.7. The van der Waals surface area contributed by atoms with Crippen LogP contribution in [0.15, 0.2) is 36.1 Å². The van der Waals surface area contributed by atoms with Gasteiger partial charge in [-0.15, -0.1) is 0 Å². The third-order valence-corrected chi connectivity index (χ3v) is 5.31. The summed E-state index contributed by atoms with van der Waals surface area (Å²) in [6.07, 6.45) is 1.61. The molecule has 0 aromatic heterocycles. The molecule has 26 heavy (non-hydrogen) atoms. The fourth-order valence-electron chi connectivity index (χ4n) is 2.96. The van der Waals surface area contributed by atoms with Crippen LogP contribution in [0, 0.1) is 0 Å². The molecule has 1 heterocycles. The molecule has 136 valence electrons. The number of fused-ring (bicyclic) bond motifs is 1. The fourth-order valence-corrected chi connectivity index (χ4v) is 3.27. The van der Waals surface area contributed by atoms with E-state index in [-0.39, 0.29) is 17.3 Å². The lowest BCUT2D eigenvalue weighted by Gasteiger charge is -2.21. The van der Waals surface area contributed by atoms with Gasteiger partial charge in [0.05, 0.1) is 28.7 Å². The minimum absolute atomic E-state index is 0.105. The Morgan fingerprint density at radius 1 is 1.12 bits per heavy atom. The second kappa shape index (κ2) is 7.70. The molecule has 1 aliphatic rings. The molecular weight excluding hydrogens is 373 g/mol. The maximum atomic E-state index is 12.7. The van der Waals surface area contributed by atoms with Gasteiger partial charge < -0.3 is 14.7 Å². The van der Waals surface area contributed by atoms with Crippen molar-refractivity contribution < 1.29 is 19.5 Å². The zero-order chi connectivity index (χ0) is 18.8. The van der Waals surface area contributed by atoms with E-state index in [4.69, 9.17) is 27.9 Å². The van der Waals surface area contributed by atoms with Crippen molar-refractivity contribution in [3.05, 3.63) is 62.8 Å². The summed E-state index contributed by atoms with van der Waals surface area (Å²) in [6, 6.07) is 8.06. The number of carbonyl (C=O) groups is 1. The Kier molecular flexibility index (Phi) is 5.56. The quantitative estimate of drug-likeness (QED) is 0.796. The third-order valence-electron chi connectivity index (χ3n) is 4.57. The number of ether oxygens (including phenoxy) is 1. The molecule has 3 rings (SSSR count). The Morgan fingerprint density at radius 3 is 2.50 bits per heavy atom. The highest BCUT2D eigenvalue weighted by Crippen LogP contribution is 2.38. The normalized spacial score (nSPS) is 14.8. The first kappa shape index (κ1) is 18.8. The zero-order valence-corrected chi connectivity index (χ0v) is 16.1. The van der Waals surface area contributed by atoms with Crippen molar-refractivity contribution in [1.29, 1.82) is 0 Å². The van der Waals surface area contributed by atoms with Crippen molar-refractivity contribution in [1.82, 2.24) is 0 Å². The second-order valence-electron chi connectivity index (χ2n) is 6.17. The average Bonchev–Trinajstić information content (AvgIpc) is 2.93. The van der Waals surface area contributed by atoms with Gasteiger partial charge in [0.1, 0.15) is 12.3 Å². The van der Waals surface area contributed by atoms with Gasteiger partial charge in [-0.3, -0.25) is 4.79 Å². The number of halogens is 2. The van der Waals surface area contributed by atoms with E-state index in [1.54, 1.807) is 24.3 Å². The monoisotopic (exact) mass is 391 g/mol. The summed E-state index contributed by atoms with van der Waals surface area (Å²) in [5, 5.41) is 13.2. The second-order valence-corrected chi connectivity index (χ2v) is 6.98. The van der Waals surface area contributed by atoms with Crippen LogP contribution in [0.2, 0.25) is 10.0 Å². The smallest absolute Gasteiger partial charge is 0.231 e. The molecule has 0 amide bonds. The first-order valence-corrected chi connectivity index (χ1v) is 9.25. The molecule has 1 N–H and O–H groups in total. The van der Waals surface area contributed by atoms with Crippen LogP contribution in [0.5, 0.6) is 11.5 Å².